The molecule has 0 spiro atoms. The highest BCUT2D eigenvalue weighted by Gasteiger charge is 2.27. The van der Waals surface area contributed by atoms with Crippen LogP contribution >= 0.6 is 12.4 Å². The van der Waals surface area contributed by atoms with E-state index in [1.54, 1.807) is 31.2 Å². The lowest BCUT2D eigenvalue weighted by Crippen LogP contribution is -2.48. The van der Waals surface area contributed by atoms with E-state index < -0.39 is 5.54 Å². The maximum Gasteiger partial charge on any atom is 0.257 e. The molecule has 0 aromatic heterocycles. The van der Waals surface area contributed by atoms with Crippen molar-refractivity contribution in [3.8, 4) is 5.75 Å². The minimum Gasteiger partial charge on any atom is -0.484 e. The van der Waals surface area contributed by atoms with Crippen LogP contribution in [-0.2, 0) is 9.59 Å². The number of hydrogen-bond acceptors (Lipinski definition) is 4. The lowest BCUT2D eigenvalue weighted by Gasteiger charge is -2.22. The molecule has 1 aromatic rings. The number of anilines is 1. The maximum absolute atomic E-state index is 12.1. The van der Waals surface area contributed by atoms with Crippen LogP contribution in [-0.4, -0.2) is 30.5 Å². The van der Waals surface area contributed by atoms with Gasteiger partial charge in [0.05, 0.1) is 5.54 Å². The van der Waals surface area contributed by atoms with Gasteiger partial charge in [0.2, 0.25) is 5.91 Å². The van der Waals surface area contributed by atoms with Gasteiger partial charge in [-0.3, -0.25) is 9.59 Å². The van der Waals surface area contributed by atoms with E-state index in [4.69, 9.17) is 10.5 Å². The molecule has 130 valence electrons. The maximum atomic E-state index is 12.1. The Labute approximate surface area is 143 Å². The van der Waals surface area contributed by atoms with E-state index >= 15 is 0 Å². The Hall–Kier alpha value is -1.79. The first kappa shape index (κ1) is 21.2. The average molecular weight is 344 g/mol. The smallest absolute Gasteiger partial charge is 0.257 e. The van der Waals surface area contributed by atoms with Crippen LogP contribution in [0, 0.1) is 0 Å². The number of rotatable bonds is 8. The van der Waals surface area contributed by atoms with E-state index in [2.05, 4.69) is 10.6 Å². The fourth-order valence-corrected chi connectivity index (χ4v) is 1.94. The number of nitrogens with one attached hydrogen (secondary N) is 2. The summed E-state index contributed by atoms with van der Waals surface area (Å²) >= 11 is 0. The SMILES string of the molecule is CCCC(C)(N)C(=O)Nc1ccc(OCC(=O)NCC)cc1.Cl. The molecule has 0 fully saturated rings. The molecule has 1 atom stereocenters. The summed E-state index contributed by atoms with van der Waals surface area (Å²) in [7, 11) is 0. The van der Waals surface area contributed by atoms with Crippen molar-refractivity contribution >= 4 is 29.9 Å². The monoisotopic (exact) mass is 343 g/mol. The third-order valence-electron chi connectivity index (χ3n) is 3.14. The highest BCUT2D eigenvalue weighted by Crippen LogP contribution is 2.18. The molecule has 1 unspecified atom stereocenters. The Bertz CT molecular complexity index is 504. The molecule has 1 rings (SSSR count). The molecular formula is C16H26ClN3O3. The molecule has 0 radical (unpaired) electrons. The van der Waals surface area contributed by atoms with Crippen LogP contribution in [0.15, 0.2) is 24.3 Å². The first-order chi connectivity index (χ1) is 10.4. The van der Waals surface area contributed by atoms with Crippen LogP contribution in [0.3, 0.4) is 0 Å². The van der Waals surface area contributed by atoms with Gasteiger partial charge in [-0.1, -0.05) is 13.3 Å². The molecule has 0 saturated carbocycles. The zero-order valence-corrected chi connectivity index (χ0v) is 14.7. The highest BCUT2D eigenvalue weighted by molar-refractivity contribution is 5.97. The van der Waals surface area contributed by atoms with E-state index in [1.807, 2.05) is 13.8 Å². The number of likely N-dealkylation sites (N-methyl/N-ethyl adjacent to an activating group) is 1. The van der Waals surface area contributed by atoms with Gasteiger partial charge in [0.1, 0.15) is 5.75 Å². The summed E-state index contributed by atoms with van der Waals surface area (Å²) in [4.78, 5) is 23.4. The number of halogens is 1. The summed E-state index contributed by atoms with van der Waals surface area (Å²) in [5.41, 5.74) is 5.73. The summed E-state index contributed by atoms with van der Waals surface area (Å²) < 4.78 is 5.34. The Morgan fingerprint density at radius 1 is 1.22 bits per heavy atom. The van der Waals surface area contributed by atoms with Crippen LogP contribution in [0.25, 0.3) is 0 Å². The molecular weight excluding hydrogens is 318 g/mol. The van der Waals surface area contributed by atoms with Gasteiger partial charge in [-0.05, 0) is 44.5 Å². The van der Waals surface area contributed by atoms with E-state index in [0.29, 0.717) is 24.4 Å². The van der Waals surface area contributed by atoms with Crippen molar-refractivity contribution in [3.05, 3.63) is 24.3 Å². The standard InChI is InChI=1S/C16H25N3O3.ClH/c1-4-10-16(3,17)15(21)19-12-6-8-13(9-7-12)22-11-14(20)18-5-2;/h6-9H,4-5,10-11,17H2,1-3H3,(H,18,20)(H,19,21);1H. The van der Waals surface area contributed by atoms with Crippen molar-refractivity contribution in [1.29, 1.82) is 0 Å². The zero-order chi connectivity index (χ0) is 16.6. The van der Waals surface area contributed by atoms with E-state index in [-0.39, 0.29) is 30.8 Å². The quantitative estimate of drug-likeness (QED) is 0.673. The molecule has 0 heterocycles. The first-order valence-corrected chi connectivity index (χ1v) is 7.49. The second-order valence-electron chi connectivity index (χ2n) is 5.39. The minimum absolute atomic E-state index is 0. The van der Waals surface area contributed by atoms with Gasteiger partial charge in [-0.25, -0.2) is 0 Å². The lowest BCUT2D eigenvalue weighted by molar-refractivity contribution is -0.123. The molecule has 6 nitrogen and oxygen atoms in total. The fraction of sp³-hybridized carbons (Fsp3) is 0.500. The van der Waals surface area contributed by atoms with Crippen LogP contribution in [0.5, 0.6) is 5.75 Å². The van der Waals surface area contributed by atoms with Crippen LogP contribution < -0.4 is 21.1 Å². The predicted molar refractivity (Wildman–Crippen MR) is 94.0 cm³/mol. The summed E-state index contributed by atoms with van der Waals surface area (Å²) in [6.45, 7) is 6.09. The molecule has 23 heavy (non-hydrogen) atoms. The number of benzene rings is 1. The number of amides is 2. The third-order valence-corrected chi connectivity index (χ3v) is 3.14. The van der Waals surface area contributed by atoms with Crippen LogP contribution in [0.2, 0.25) is 0 Å². The molecule has 0 saturated heterocycles. The second kappa shape index (κ2) is 10.1. The van der Waals surface area contributed by atoms with Gasteiger partial charge in [-0.15, -0.1) is 12.4 Å². The van der Waals surface area contributed by atoms with Crippen molar-refractivity contribution < 1.29 is 14.3 Å². The molecule has 0 aliphatic heterocycles. The number of carbonyl (C=O) groups is 2. The highest BCUT2D eigenvalue weighted by atomic mass is 35.5. The normalized spacial score (nSPS) is 12.5. The Morgan fingerprint density at radius 2 is 1.83 bits per heavy atom. The van der Waals surface area contributed by atoms with Crippen molar-refractivity contribution in [1.82, 2.24) is 5.32 Å². The summed E-state index contributed by atoms with van der Waals surface area (Å²) in [6, 6.07) is 6.82. The van der Waals surface area contributed by atoms with Gasteiger partial charge in [0, 0.05) is 12.2 Å². The predicted octanol–water partition coefficient (Wildman–Crippen LogP) is 2.08. The molecule has 2 amide bonds. The third kappa shape index (κ3) is 7.34. The van der Waals surface area contributed by atoms with Crippen molar-refractivity contribution in [3.63, 3.8) is 0 Å². The molecule has 4 N–H and O–H groups in total. The molecule has 0 aliphatic carbocycles. The van der Waals surface area contributed by atoms with E-state index in [9.17, 15) is 9.59 Å². The molecule has 0 aliphatic rings. The van der Waals surface area contributed by atoms with Gasteiger partial charge >= 0.3 is 0 Å². The topological polar surface area (TPSA) is 93.5 Å². The van der Waals surface area contributed by atoms with Gasteiger partial charge in [0.25, 0.3) is 5.91 Å². The number of hydrogen-bond donors (Lipinski definition) is 3. The Kier molecular flexibility index (Phi) is 9.29. The van der Waals surface area contributed by atoms with E-state index in [0.717, 1.165) is 6.42 Å². The van der Waals surface area contributed by atoms with Crippen molar-refractivity contribution in [2.24, 2.45) is 5.73 Å². The average Bonchev–Trinajstić information content (AvgIpc) is 2.46. The van der Waals surface area contributed by atoms with Gasteiger partial charge < -0.3 is 21.1 Å². The van der Waals surface area contributed by atoms with Crippen molar-refractivity contribution in [2.75, 3.05) is 18.5 Å². The van der Waals surface area contributed by atoms with Gasteiger partial charge in [-0.2, -0.15) is 0 Å². The molecule has 1 aromatic carbocycles. The Balaban J connectivity index is 0.00000484. The summed E-state index contributed by atoms with van der Waals surface area (Å²) in [6.07, 6.45) is 1.46. The van der Waals surface area contributed by atoms with Gasteiger partial charge in [0.15, 0.2) is 6.61 Å². The summed E-state index contributed by atoms with van der Waals surface area (Å²) in [5.74, 6) is 0.178. The van der Waals surface area contributed by atoms with Crippen LogP contribution in [0.1, 0.15) is 33.6 Å². The first-order valence-electron chi connectivity index (χ1n) is 7.49. The number of carbonyl (C=O) groups excluding carboxylic acids is 2. The summed E-state index contributed by atoms with van der Waals surface area (Å²) in [5, 5.41) is 5.43. The molecule has 7 heteroatoms. The van der Waals surface area contributed by atoms with E-state index in [1.165, 1.54) is 0 Å². The minimum atomic E-state index is -0.887. The zero-order valence-electron chi connectivity index (χ0n) is 13.8. The number of nitrogens with two attached hydrogens (primary N) is 1. The number of ether oxygens (including phenoxy) is 1. The Morgan fingerprint density at radius 3 is 2.35 bits per heavy atom. The largest absolute Gasteiger partial charge is 0.484 e. The lowest BCUT2D eigenvalue weighted by atomic mass is 9.96. The van der Waals surface area contributed by atoms with Crippen molar-refractivity contribution in [2.45, 2.75) is 39.2 Å². The molecule has 0 bridgehead atoms. The fourth-order valence-electron chi connectivity index (χ4n) is 1.94. The second-order valence-corrected chi connectivity index (χ2v) is 5.39. The van der Waals surface area contributed by atoms with Crippen LogP contribution in [0.4, 0.5) is 5.69 Å².